The van der Waals surface area contributed by atoms with Crippen LogP contribution in [0.5, 0.6) is 0 Å². The van der Waals surface area contributed by atoms with Crippen LogP contribution in [0.15, 0.2) is 66.7 Å². The van der Waals surface area contributed by atoms with Crippen molar-refractivity contribution in [1.82, 2.24) is 4.90 Å². The van der Waals surface area contributed by atoms with Crippen LogP contribution in [0.3, 0.4) is 0 Å². The third-order valence-electron chi connectivity index (χ3n) is 4.95. The summed E-state index contributed by atoms with van der Waals surface area (Å²) in [6.07, 6.45) is 0. The molecule has 0 heterocycles. The van der Waals surface area contributed by atoms with E-state index in [1.54, 1.807) is 11.0 Å². The van der Waals surface area contributed by atoms with Gasteiger partial charge in [-0.15, -0.1) is 12.1 Å². The van der Waals surface area contributed by atoms with Crippen LogP contribution in [-0.2, 0) is 5.54 Å². The monoisotopic (exact) mass is 353 g/mol. The van der Waals surface area contributed by atoms with Gasteiger partial charge in [0.2, 0.25) is 0 Å². The van der Waals surface area contributed by atoms with E-state index in [2.05, 4.69) is 37.3 Å². The van der Waals surface area contributed by atoms with Crippen molar-refractivity contribution in [2.45, 2.75) is 19.4 Å². The minimum atomic E-state index is -0.577. The number of carbonyl (C=O) groups excluding carboxylic acids is 1. The molecule has 0 saturated carbocycles. The molecule has 134 valence electrons. The van der Waals surface area contributed by atoms with Crippen LogP contribution >= 0.6 is 0 Å². The molecule has 3 rings (SSSR count). The van der Waals surface area contributed by atoms with Gasteiger partial charge in [-0.3, -0.25) is 4.79 Å². The smallest absolute Gasteiger partial charge is 0.395 e. The van der Waals surface area contributed by atoms with Gasteiger partial charge in [0.25, 0.3) is 0 Å². The van der Waals surface area contributed by atoms with Crippen molar-refractivity contribution < 1.29 is 28.8 Å². The van der Waals surface area contributed by atoms with Crippen LogP contribution in [0.1, 0.15) is 35.3 Å². The molecule has 0 fully saturated rings. The number of hydrogen-bond acceptors (Lipinski definition) is 2. The van der Waals surface area contributed by atoms with E-state index in [1.165, 1.54) is 0 Å². The third kappa shape index (κ3) is 4.22. The number of amides is 1. The first-order valence-corrected chi connectivity index (χ1v) is 8.78. The van der Waals surface area contributed by atoms with Gasteiger partial charge in [-0.1, -0.05) is 48.0 Å². The normalized spacial score (nSPS) is 11.1. The molecule has 27 heavy (non-hydrogen) atoms. The Morgan fingerprint density at radius 3 is 2.30 bits per heavy atom. The maximum atomic E-state index is 13.2. The second-order valence-corrected chi connectivity index (χ2v) is 6.96. The number of carbonyl (C=O) groups is 1. The SMILES string of the molecule is [CH2-]c1ccccc1C(=O)N(CCO)C(C)(C)c1ccc2ccccc2c1.[Li+]. The van der Waals surface area contributed by atoms with Crippen LogP contribution < -0.4 is 18.9 Å². The Bertz CT molecular complexity index is 936. The van der Waals surface area contributed by atoms with Gasteiger partial charge >= 0.3 is 18.9 Å². The fraction of sp³-hybridized carbons (Fsp3) is 0.217. The van der Waals surface area contributed by atoms with Crippen LogP contribution in [0, 0.1) is 6.92 Å². The minimum Gasteiger partial charge on any atom is -0.395 e. The van der Waals surface area contributed by atoms with Gasteiger partial charge < -0.3 is 10.0 Å². The van der Waals surface area contributed by atoms with E-state index in [0.29, 0.717) is 11.1 Å². The number of benzene rings is 3. The summed E-state index contributed by atoms with van der Waals surface area (Å²) in [5.41, 5.74) is 1.70. The molecular formula is C23H24LiNO2. The number of hydrogen-bond donors (Lipinski definition) is 1. The van der Waals surface area contributed by atoms with Gasteiger partial charge in [0, 0.05) is 6.54 Å². The average Bonchev–Trinajstić information content (AvgIpc) is 2.65. The summed E-state index contributed by atoms with van der Waals surface area (Å²) in [6, 6.07) is 21.7. The Kier molecular flexibility index (Phi) is 6.78. The summed E-state index contributed by atoms with van der Waals surface area (Å²) in [7, 11) is 0. The number of fused-ring (bicyclic) bond motifs is 1. The zero-order valence-electron chi connectivity index (χ0n) is 16.3. The van der Waals surface area contributed by atoms with Crippen LogP contribution in [-0.4, -0.2) is 29.1 Å². The van der Waals surface area contributed by atoms with Gasteiger partial charge in [-0.2, -0.15) is 18.6 Å². The number of aliphatic hydroxyl groups is 1. The molecule has 1 N–H and O–H groups in total. The maximum absolute atomic E-state index is 13.2. The Morgan fingerprint density at radius 1 is 1.00 bits per heavy atom. The van der Waals surface area contributed by atoms with Crippen molar-refractivity contribution in [3.8, 4) is 0 Å². The van der Waals surface area contributed by atoms with Gasteiger partial charge in [0.05, 0.1) is 12.1 Å². The molecule has 0 aromatic heterocycles. The summed E-state index contributed by atoms with van der Waals surface area (Å²) < 4.78 is 0. The molecule has 0 radical (unpaired) electrons. The van der Waals surface area contributed by atoms with Crippen LogP contribution in [0.4, 0.5) is 0 Å². The summed E-state index contributed by atoms with van der Waals surface area (Å²) >= 11 is 0. The molecule has 0 unspecified atom stereocenters. The molecule has 1 amide bonds. The zero-order valence-corrected chi connectivity index (χ0v) is 16.3. The zero-order chi connectivity index (χ0) is 18.7. The molecule has 0 atom stereocenters. The van der Waals surface area contributed by atoms with Crippen molar-refractivity contribution in [2.24, 2.45) is 0 Å². The number of nitrogens with zero attached hydrogens (tertiary/aromatic N) is 1. The molecule has 0 aliphatic carbocycles. The number of rotatable bonds is 5. The fourth-order valence-corrected chi connectivity index (χ4v) is 3.33. The molecule has 0 saturated heterocycles. The molecule has 3 aromatic carbocycles. The maximum Gasteiger partial charge on any atom is 1.00 e. The van der Waals surface area contributed by atoms with Crippen molar-refractivity contribution in [3.63, 3.8) is 0 Å². The first kappa shape index (κ1) is 21.1. The fourth-order valence-electron chi connectivity index (χ4n) is 3.33. The summed E-state index contributed by atoms with van der Waals surface area (Å²) in [5, 5.41) is 11.9. The van der Waals surface area contributed by atoms with E-state index in [-0.39, 0.29) is 37.9 Å². The van der Waals surface area contributed by atoms with E-state index in [0.717, 1.165) is 16.3 Å². The molecule has 3 aromatic rings. The van der Waals surface area contributed by atoms with E-state index in [9.17, 15) is 9.90 Å². The van der Waals surface area contributed by atoms with Crippen LogP contribution in [0.2, 0.25) is 0 Å². The van der Waals surface area contributed by atoms with Gasteiger partial charge in [-0.25, -0.2) is 0 Å². The summed E-state index contributed by atoms with van der Waals surface area (Å²) in [6.45, 7) is 8.15. The topological polar surface area (TPSA) is 40.5 Å². The molecule has 0 aliphatic heterocycles. The molecule has 0 aliphatic rings. The number of aliphatic hydroxyl groups excluding tert-OH is 1. The average molecular weight is 353 g/mol. The van der Waals surface area contributed by atoms with Crippen molar-refractivity contribution in [2.75, 3.05) is 13.2 Å². The first-order valence-electron chi connectivity index (χ1n) is 8.78. The molecule has 0 bridgehead atoms. The second-order valence-electron chi connectivity index (χ2n) is 6.96. The second kappa shape index (κ2) is 8.67. The third-order valence-corrected chi connectivity index (χ3v) is 4.95. The Balaban J connectivity index is 0.00000261. The molecule has 0 spiro atoms. The Hall–Kier alpha value is -2.18. The van der Waals surface area contributed by atoms with Crippen molar-refractivity contribution in [3.05, 3.63) is 90.3 Å². The molecular weight excluding hydrogens is 329 g/mol. The standard InChI is InChI=1S/C23H24NO2.Li/c1-17-8-4-7-11-21(17)22(26)24(14-15-25)23(2,3)20-13-12-18-9-5-6-10-19(18)16-20;/h4-13,16,25H,1,14-15H2,2-3H3;/q-1;+1. The van der Waals surface area contributed by atoms with Crippen molar-refractivity contribution in [1.29, 1.82) is 0 Å². The van der Waals surface area contributed by atoms with Crippen LogP contribution in [0.25, 0.3) is 10.8 Å². The largest absolute Gasteiger partial charge is 1.00 e. The van der Waals surface area contributed by atoms with E-state index in [1.807, 2.05) is 44.2 Å². The molecule has 4 heteroatoms. The predicted molar refractivity (Wildman–Crippen MR) is 106 cm³/mol. The Labute approximate surface area is 173 Å². The van der Waals surface area contributed by atoms with Crippen molar-refractivity contribution >= 4 is 16.7 Å². The van der Waals surface area contributed by atoms with E-state index < -0.39 is 5.54 Å². The first-order chi connectivity index (χ1) is 12.4. The molecule has 3 nitrogen and oxygen atoms in total. The quantitative estimate of drug-likeness (QED) is 0.556. The van der Waals surface area contributed by atoms with Gasteiger partial charge in [0.1, 0.15) is 0 Å². The predicted octanol–water partition coefficient (Wildman–Crippen LogP) is 1.40. The van der Waals surface area contributed by atoms with E-state index in [4.69, 9.17) is 0 Å². The van der Waals surface area contributed by atoms with E-state index >= 15 is 0 Å². The van der Waals surface area contributed by atoms with Gasteiger partial charge in [0.15, 0.2) is 5.91 Å². The minimum absolute atomic E-state index is 0. The van der Waals surface area contributed by atoms with Gasteiger partial charge in [-0.05, 0) is 36.2 Å². The summed E-state index contributed by atoms with van der Waals surface area (Å²) in [4.78, 5) is 14.9. The Morgan fingerprint density at radius 2 is 1.63 bits per heavy atom. The summed E-state index contributed by atoms with van der Waals surface area (Å²) in [5.74, 6) is -0.122.